The van der Waals surface area contributed by atoms with E-state index in [9.17, 15) is 4.39 Å². The van der Waals surface area contributed by atoms with Gasteiger partial charge in [0.15, 0.2) is 11.6 Å². The summed E-state index contributed by atoms with van der Waals surface area (Å²) in [7, 11) is 0. The highest BCUT2D eigenvalue weighted by atomic mass is 19.1. The zero-order valence-electron chi connectivity index (χ0n) is 12.6. The molecule has 0 unspecified atom stereocenters. The number of ether oxygens (including phenoxy) is 2. The van der Waals surface area contributed by atoms with Crippen molar-refractivity contribution in [3.63, 3.8) is 0 Å². The molecule has 3 aromatic carbocycles. The summed E-state index contributed by atoms with van der Waals surface area (Å²) in [6.07, 6.45) is 1.32. The fourth-order valence-corrected chi connectivity index (χ4v) is 2.09. The Balaban J connectivity index is 1.72. The molecule has 0 aliphatic carbocycles. The summed E-state index contributed by atoms with van der Waals surface area (Å²) < 4.78 is 25.0. The predicted octanol–water partition coefficient (Wildman–Crippen LogP) is 5.49. The molecule has 0 saturated heterocycles. The molecular weight excluding hydrogens is 305 g/mol. The van der Waals surface area contributed by atoms with Gasteiger partial charge in [-0.15, -0.1) is 0 Å². The van der Waals surface area contributed by atoms with Crippen molar-refractivity contribution in [3.05, 3.63) is 90.6 Å². The molecule has 0 aromatic heterocycles. The molecule has 0 heterocycles. The van der Waals surface area contributed by atoms with Crippen LogP contribution in [0.15, 0.2) is 72.8 Å². The topological polar surface area (TPSA) is 42.2 Å². The summed E-state index contributed by atoms with van der Waals surface area (Å²) in [6, 6.07) is 22.4. The van der Waals surface area contributed by atoms with Crippen LogP contribution in [0.1, 0.15) is 5.56 Å². The van der Waals surface area contributed by atoms with Crippen LogP contribution >= 0.6 is 0 Å². The minimum Gasteiger partial charge on any atom is -0.457 e. The highest BCUT2D eigenvalue weighted by Crippen LogP contribution is 2.29. The molecule has 3 rings (SSSR count). The minimum absolute atomic E-state index is 0.0655. The SMILES string of the molecule is N#C[CH]c1ccc(F)c(Oc2ccc(Oc3ccccc3)cc2)c1. The molecule has 0 saturated carbocycles. The van der Waals surface area contributed by atoms with Crippen molar-refractivity contribution in [2.75, 3.05) is 0 Å². The molecular formula is C20H13FNO2. The van der Waals surface area contributed by atoms with Gasteiger partial charge in [0.2, 0.25) is 0 Å². The Morgan fingerprint density at radius 3 is 2.08 bits per heavy atom. The summed E-state index contributed by atoms with van der Waals surface area (Å²) >= 11 is 0. The van der Waals surface area contributed by atoms with Crippen LogP contribution < -0.4 is 9.47 Å². The molecule has 1 radical (unpaired) electrons. The van der Waals surface area contributed by atoms with E-state index in [1.165, 1.54) is 24.6 Å². The van der Waals surface area contributed by atoms with Crippen LogP contribution in [0.4, 0.5) is 4.39 Å². The van der Waals surface area contributed by atoms with Gasteiger partial charge in [-0.1, -0.05) is 24.3 Å². The molecule has 4 heteroatoms. The number of nitriles is 1. The number of hydrogen-bond donors (Lipinski definition) is 0. The van der Waals surface area contributed by atoms with Crippen molar-refractivity contribution in [1.29, 1.82) is 5.26 Å². The number of benzene rings is 3. The van der Waals surface area contributed by atoms with E-state index in [0.717, 1.165) is 5.75 Å². The normalized spacial score (nSPS) is 10.0. The van der Waals surface area contributed by atoms with Crippen LogP contribution in [0.5, 0.6) is 23.0 Å². The van der Waals surface area contributed by atoms with Gasteiger partial charge < -0.3 is 9.47 Å². The summed E-state index contributed by atoms with van der Waals surface area (Å²) in [6.45, 7) is 0. The second-order valence-corrected chi connectivity index (χ2v) is 4.95. The number of halogens is 1. The largest absolute Gasteiger partial charge is 0.457 e. The predicted molar refractivity (Wildman–Crippen MR) is 88.4 cm³/mol. The fourth-order valence-electron chi connectivity index (χ4n) is 2.09. The third-order valence-corrected chi connectivity index (χ3v) is 3.22. The Labute approximate surface area is 139 Å². The van der Waals surface area contributed by atoms with Gasteiger partial charge in [-0.25, -0.2) is 4.39 Å². The van der Waals surface area contributed by atoms with Gasteiger partial charge in [0.25, 0.3) is 0 Å². The molecule has 0 aliphatic heterocycles. The van der Waals surface area contributed by atoms with Gasteiger partial charge in [0, 0.05) is 0 Å². The van der Waals surface area contributed by atoms with Crippen LogP contribution in [0.2, 0.25) is 0 Å². The van der Waals surface area contributed by atoms with Gasteiger partial charge in [-0.05, 0) is 54.1 Å². The molecule has 0 fully saturated rings. The first-order chi connectivity index (χ1) is 11.7. The zero-order chi connectivity index (χ0) is 16.8. The van der Waals surface area contributed by atoms with Gasteiger partial charge in [-0.2, -0.15) is 5.26 Å². The van der Waals surface area contributed by atoms with Gasteiger partial charge in [-0.3, -0.25) is 0 Å². The van der Waals surface area contributed by atoms with Crippen LogP contribution in [0.3, 0.4) is 0 Å². The quantitative estimate of drug-likeness (QED) is 0.625. The van der Waals surface area contributed by atoms with Crippen molar-refractivity contribution < 1.29 is 13.9 Å². The van der Waals surface area contributed by atoms with E-state index in [2.05, 4.69) is 0 Å². The third-order valence-electron chi connectivity index (χ3n) is 3.22. The van der Waals surface area contributed by atoms with Crippen molar-refractivity contribution in [1.82, 2.24) is 0 Å². The standard InChI is InChI=1S/C20H13FNO2/c21-19-11-6-15(12-13-22)14-20(19)24-18-9-7-17(8-10-18)23-16-4-2-1-3-5-16/h1-12,14H. The molecule has 24 heavy (non-hydrogen) atoms. The highest BCUT2D eigenvalue weighted by Gasteiger charge is 2.07. The van der Waals surface area contributed by atoms with Crippen molar-refractivity contribution >= 4 is 0 Å². The average Bonchev–Trinajstić information content (AvgIpc) is 2.61. The second kappa shape index (κ2) is 7.30. The highest BCUT2D eigenvalue weighted by molar-refractivity contribution is 5.41. The number of rotatable bonds is 5. The van der Waals surface area contributed by atoms with Crippen molar-refractivity contribution in [2.45, 2.75) is 0 Å². The van der Waals surface area contributed by atoms with Gasteiger partial charge >= 0.3 is 0 Å². The minimum atomic E-state index is -0.491. The Hall–Kier alpha value is -3.32. The lowest BCUT2D eigenvalue weighted by molar-refractivity contribution is 0.439. The Morgan fingerprint density at radius 1 is 0.792 bits per heavy atom. The molecule has 0 spiro atoms. The molecule has 3 nitrogen and oxygen atoms in total. The number of para-hydroxylation sites is 1. The van der Waals surface area contributed by atoms with Crippen molar-refractivity contribution in [2.24, 2.45) is 0 Å². The number of hydrogen-bond acceptors (Lipinski definition) is 3. The van der Waals surface area contributed by atoms with Crippen LogP contribution in [-0.2, 0) is 0 Å². The summed E-state index contributed by atoms with van der Waals surface area (Å²) in [5, 5.41) is 8.67. The molecule has 0 aliphatic rings. The van der Waals surface area contributed by atoms with E-state index in [1.54, 1.807) is 24.3 Å². The molecule has 0 N–H and O–H groups in total. The van der Waals surface area contributed by atoms with Crippen LogP contribution in [0, 0.1) is 23.6 Å². The van der Waals surface area contributed by atoms with E-state index in [1.807, 2.05) is 36.4 Å². The van der Waals surface area contributed by atoms with Crippen LogP contribution in [-0.4, -0.2) is 0 Å². The molecule has 117 valence electrons. The zero-order valence-corrected chi connectivity index (χ0v) is 12.6. The average molecular weight is 318 g/mol. The maximum Gasteiger partial charge on any atom is 0.165 e. The van der Waals surface area contributed by atoms with E-state index >= 15 is 0 Å². The first-order valence-corrected chi connectivity index (χ1v) is 7.28. The smallest absolute Gasteiger partial charge is 0.165 e. The molecule has 0 atom stereocenters. The van der Waals surface area contributed by atoms with Gasteiger partial charge in [0.1, 0.15) is 17.2 Å². The monoisotopic (exact) mass is 318 g/mol. The van der Waals surface area contributed by atoms with Gasteiger partial charge in [0.05, 0.1) is 12.5 Å². The summed E-state index contributed by atoms with van der Waals surface area (Å²) in [5.41, 5.74) is 0.581. The maximum absolute atomic E-state index is 13.8. The first-order valence-electron chi connectivity index (χ1n) is 7.28. The van der Waals surface area contributed by atoms with E-state index < -0.39 is 5.82 Å². The van der Waals surface area contributed by atoms with E-state index in [4.69, 9.17) is 14.7 Å². The van der Waals surface area contributed by atoms with Crippen LogP contribution in [0.25, 0.3) is 0 Å². The lowest BCUT2D eigenvalue weighted by Crippen LogP contribution is -1.91. The molecule has 0 bridgehead atoms. The Bertz CT molecular complexity index is 855. The molecule has 0 amide bonds. The lowest BCUT2D eigenvalue weighted by Gasteiger charge is -2.09. The second-order valence-electron chi connectivity index (χ2n) is 4.95. The third kappa shape index (κ3) is 3.90. The molecule has 3 aromatic rings. The van der Waals surface area contributed by atoms with E-state index in [-0.39, 0.29) is 5.75 Å². The first kappa shape index (κ1) is 15.6. The van der Waals surface area contributed by atoms with E-state index in [0.29, 0.717) is 17.1 Å². The lowest BCUT2D eigenvalue weighted by atomic mass is 10.1. The summed E-state index contributed by atoms with van der Waals surface area (Å²) in [4.78, 5) is 0. The Kier molecular flexibility index (Phi) is 4.73. The Morgan fingerprint density at radius 2 is 1.42 bits per heavy atom. The van der Waals surface area contributed by atoms with Crippen molar-refractivity contribution in [3.8, 4) is 29.1 Å². The number of nitrogens with zero attached hydrogens (tertiary/aromatic N) is 1. The maximum atomic E-state index is 13.8. The fraction of sp³-hybridized carbons (Fsp3) is 0. The summed E-state index contributed by atoms with van der Waals surface area (Å²) in [5.74, 6) is 1.44.